The molecule has 0 saturated heterocycles. The molecule has 0 atom stereocenters. The highest BCUT2D eigenvalue weighted by atomic mass is 16.3. The number of rotatable bonds is 3. The molecule has 0 aliphatic rings. The second-order valence-corrected chi connectivity index (χ2v) is 6.45. The predicted molar refractivity (Wildman–Crippen MR) is 109 cm³/mol. The van der Waals surface area contributed by atoms with Crippen LogP contribution in [0.15, 0.2) is 95.8 Å². The third-order valence-corrected chi connectivity index (χ3v) is 4.69. The topological polar surface area (TPSA) is 42.2 Å². The quantitative estimate of drug-likeness (QED) is 0.551. The Labute approximate surface area is 157 Å². The van der Waals surface area contributed by atoms with E-state index in [2.05, 4.69) is 0 Å². The molecule has 3 aromatic carbocycles. The molecule has 4 rings (SSSR count). The number of aryl methyl sites for hydroxylation is 1. The zero-order chi connectivity index (χ0) is 18.8. The van der Waals surface area contributed by atoms with Crippen LogP contribution in [0.5, 0.6) is 5.75 Å². The van der Waals surface area contributed by atoms with Crippen LogP contribution in [0.2, 0.25) is 0 Å². The van der Waals surface area contributed by atoms with Crippen molar-refractivity contribution in [2.45, 2.75) is 6.92 Å². The Morgan fingerprint density at radius 2 is 1.37 bits per heavy atom. The smallest absolute Gasteiger partial charge is 0.267 e. The average molecular weight is 353 g/mol. The van der Waals surface area contributed by atoms with Crippen LogP contribution >= 0.6 is 0 Å². The molecule has 3 heteroatoms. The fraction of sp³-hybridized carbons (Fsp3) is 0.0417. The van der Waals surface area contributed by atoms with Crippen LogP contribution in [0.3, 0.4) is 0 Å². The first-order valence-corrected chi connectivity index (χ1v) is 8.82. The van der Waals surface area contributed by atoms with Gasteiger partial charge in [0.25, 0.3) is 5.56 Å². The van der Waals surface area contributed by atoms with Crippen molar-refractivity contribution in [1.82, 2.24) is 4.57 Å². The Morgan fingerprint density at radius 3 is 2.04 bits per heavy atom. The van der Waals surface area contributed by atoms with Crippen LogP contribution in [0.1, 0.15) is 5.56 Å². The second kappa shape index (κ2) is 6.96. The van der Waals surface area contributed by atoms with Gasteiger partial charge in [-0.25, -0.2) is 0 Å². The Balaban J connectivity index is 2.10. The van der Waals surface area contributed by atoms with Gasteiger partial charge in [-0.1, -0.05) is 72.8 Å². The van der Waals surface area contributed by atoms with Gasteiger partial charge < -0.3 is 5.11 Å². The molecule has 0 spiro atoms. The molecule has 1 aromatic heterocycles. The lowest BCUT2D eigenvalue weighted by molar-refractivity contribution is 0.475. The lowest BCUT2D eigenvalue weighted by Gasteiger charge is -2.18. The number of benzene rings is 3. The third-order valence-electron chi connectivity index (χ3n) is 4.69. The highest BCUT2D eigenvalue weighted by molar-refractivity contribution is 5.76. The van der Waals surface area contributed by atoms with Gasteiger partial charge in [0.15, 0.2) is 0 Å². The van der Waals surface area contributed by atoms with Gasteiger partial charge in [-0.15, -0.1) is 0 Å². The van der Waals surface area contributed by atoms with E-state index in [1.54, 1.807) is 10.6 Å². The number of pyridine rings is 1. The predicted octanol–water partition coefficient (Wildman–Crippen LogP) is 5.19. The number of nitrogens with zero attached hydrogens (tertiary/aromatic N) is 1. The van der Waals surface area contributed by atoms with Crippen LogP contribution in [0.25, 0.3) is 28.1 Å². The van der Waals surface area contributed by atoms with Gasteiger partial charge >= 0.3 is 0 Å². The van der Waals surface area contributed by atoms with Gasteiger partial charge in [-0.2, -0.15) is 0 Å². The van der Waals surface area contributed by atoms with E-state index in [1.807, 2.05) is 91.9 Å². The molecule has 1 N–H and O–H groups in total. The Bertz CT molecular complexity index is 1150. The van der Waals surface area contributed by atoms with Crippen LogP contribution in [-0.4, -0.2) is 9.67 Å². The molecule has 0 saturated carbocycles. The van der Waals surface area contributed by atoms with Crippen LogP contribution < -0.4 is 5.56 Å². The molecule has 0 aliphatic carbocycles. The zero-order valence-corrected chi connectivity index (χ0v) is 15.0. The van der Waals surface area contributed by atoms with E-state index in [0.29, 0.717) is 16.8 Å². The van der Waals surface area contributed by atoms with Crippen molar-refractivity contribution in [1.29, 1.82) is 0 Å². The number of hydrogen-bond donors (Lipinski definition) is 1. The van der Waals surface area contributed by atoms with Gasteiger partial charge in [0.05, 0.1) is 11.3 Å². The number of para-hydroxylation sites is 1. The minimum absolute atomic E-state index is 0.0170. The first-order chi connectivity index (χ1) is 13.2. The minimum Gasteiger partial charge on any atom is -0.507 e. The SMILES string of the molecule is Cc1ccccc1-c1cc(O)c(-c2ccccc2)c(=O)n1-c1ccccc1. The lowest BCUT2D eigenvalue weighted by atomic mass is 10.0. The van der Waals surface area contributed by atoms with E-state index in [4.69, 9.17) is 0 Å². The van der Waals surface area contributed by atoms with Crippen LogP contribution in [0, 0.1) is 6.92 Å². The molecule has 0 radical (unpaired) electrons. The third kappa shape index (κ3) is 3.04. The van der Waals surface area contributed by atoms with Crippen molar-refractivity contribution < 1.29 is 5.11 Å². The van der Waals surface area contributed by atoms with E-state index in [9.17, 15) is 9.90 Å². The molecule has 0 bridgehead atoms. The maximum atomic E-state index is 13.5. The van der Waals surface area contributed by atoms with E-state index < -0.39 is 0 Å². The van der Waals surface area contributed by atoms with Crippen molar-refractivity contribution in [2.24, 2.45) is 0 Å². The van der Waals surface area contributed by atoms with Gasteiger partial charge in [0.1, 0.15) is 5.75 Å². The zero-order valence-electron chi connectivity index (χ0n) is 15.0. The molecule has 4 aromatic rings. The van der Waals surface area contributed by atoms with Crippen molar-refractivity contribution >= 4 is 0 Å². The molecule has 27 heavy (non-hydrogen) atoms. The van der Waals surface area contributed by atoms with E-state index >= 15 is 0 Å². The van der Waals surface area contributed by atoms with Crippen molar-refractivity contribution in [2.75, 3.05) is 0 Å². The first kappa shape index (κ1) is 16.9. The molecular weight excluding hydrogens is 334 g/mol. The largest absolute Gasteiger partial charge is 0.507 e. The fourth-order valence-electron chi connectivity index (χ4n) is 3.37. The van der Waals surface area contributed by atoms with Crippen LogP contribution in [-0.2, 0) is 0 Å². The van der Waals surface area contributed by atoms with E-state index in [1.165, 1.54) is 0 Å². The van der Waals surface area contributed by atoms with E-state index in [-0.39, 0.29) is 11.3 Å². The normalized spacial score (nSPS) is 10.7. The monoisotopic (exact) mass is 353 g/mol. The maximum absolute atomic E-state index is 13.5. The highest BCUT2D eigenvalue weighted by Gasteiger charge is 2.19. The molecule has 132 valence electrons. The molecule has 1 heterocycles. The maximum Gasteiger partial charge on any atom is 0.267 e. The Morgan fingerprint density at radius 1 is 0.778 bits per heavy atom. The molecule has 0 aliphatic heterocycles. The molecular formula is C24H19NO2. The summed E-state index contributed by atoms with van der Waals surface area (Å²) in [5.74, 6) is -0.0170. The van der Waals surface area contributed by atoms with Gasteiger partial charge in [0, 0.05) is 17.3 Å². The number of aromatic hydroxyl groups is 1. The standard InChI is InChI=1S/C24H19NO2/c1-17-10-8-9-15-20(17)21-16-22(26)23(18-11-4-2-5-12-18)24(27)25(21)19-13-6-3-7-14-19/h2-16,26H,1H3. The van der Waals surface area contributed by atoms with Gasteiger partial charge in [0.2, 0.25) is 0 Å². The Hall–Kier alpha value is -3.59. The summed E-state index contributed by atoms with van der Waals surface area (Å²) in [5, 5.41) is 10.7. The summed E-state index contributed by atoms with van der Waals surface area (Å²) in [6.07, 6.45) is 0. The summed E-state index contributed by atoms with van der Waals surface area (Å²) in [6.45, 7) is 2.00. The van der Waals surface area contributed by atoms with E-state index in [0.717, 1.165) is 16.8 Å². The summed E-state index contributed by atoms with van der Waals surface area (Å²) in [4.78, 5) is 13.5. The fourth-order valence-corrected chi connectivity index (χ4v) is 3.37. The van der Waals surface area contributed by atoms with Crippen molar-refractivity contribution in [3.63, 3.8) is 0 Å². The molecule has 3 nitrogen and oxygen atoms in total. The van der Waals surface area contributed by atoms with Gasteiger partial charge in [-0.05, 0) is 30.2 Å². The summed E-state index contributed by atoms with van der Waals surface area (Å²) in [5.41, 5.74) is 4.13. The summed E-state index contributed by atoms with van der Waals surface area (Å²) < 4.78 is 1.67. The number of hydrogen-bond acceptors (Lipinski definition) is 2. The van der Waals surface area contributed by atoms with Crippen LogP contribution in [0.4, 0.5) is 0 Å². The summed E-state index contributed by atoms with van der Waals surface area (Å²) in [6, 6.07) is 28.3. The highest BCUT2D eigenvalue weighted by Crippen LogP contribution is 2.33. The first-order valence-electron chi connectivity index (χ1n) is 8.82. The molecule has 0 fully saturated rings. The number of aromatic nitrogens is 1. The van der Waals surface area contributed by atoms with Crippen molar-refractivity contribution in [3.8, 4) is 33.8 Å². The van der Waals surface area contributed by atoms with Gasteiger partial charge in [-0.3, -0.25) is 9.36 Å². The second-order valence-electron chi connectivity index (χ2n) is 6.45. The molecule has 0 amide bonds. The summed E-state index contributed by atoms with van der Waals surface area (Å²) in [7, 11) is 0. The Kier molecular flexibility index (Phi) is 4.35. The minimum atomic E-state index is -0.245. The molecule has 0 unspecified atom stereocenters. The summed E-state index contributed by atoms with van der Waals surface area (Å²) >= 11 is 0. The van der Waals surface area contributed by atoms with Crippen molar-refractivity contribution in [3.05, 3.63) is 107 Å². The lowest BCUT2D eigenvalue weighted by Crippen LogP contribution is -2.22. The average Bonchev–Trinajstić information content (AvgIpc) is 2.69.